The van der Waals surface area contributed by atoms with Gasteiger partial charge in [-0.25, -0.2) is 0 Å². The highest BCUT2D eigenvalue weighted by atomic mass is 32.1. The predicted octanol–water partition coefficient (Wildman–Crippen LogP) is 3.14. The molecule has 3 rings (SSSR count). The summed E-state index contributed by atoms with van der Waals surface area (Å²) in [5.74, 6) is 1.03. The minimum absolute atomic E-state index is 0.924. The molecule has 0 amide bonds. The van der Waals surface area contributed by atoms with Gasteiger partial charge in [-0.2, -0.15) is 11.3 Å². The number of nitrogens with zero attached hydrogens (tertiary/aromatic N) is 1. The second-order valence-electron chi connectivity index (χ2n) is 6.07. The SMILES string of the molecule is c1cc(CCNCCN2CCCC3CCCC32)cs1. The molecule has 2 nitrogen and oxygen atoms in total. The zero-order valence-electron chi connectivity index (χ0n) is 11.8. The molecule has 1 saturated heterocycles. The molecule has 2 atom stereocenters. The quantitative estimate of drug-likeness (QED) is 0.804. The van der Waals surface area contributed by atoms with Crippen LogP contribution in [0.4, 0.5) is 0 Å². The highest BCUT2D eigenvalue weighted by Crippen LogP contribution is 2.36. The van der Waals surface area contributed by atoms with E-state index in [1.807, 2.05) is 0 Å². The molecule has 1 saturated carbocycles. The first-order valence-corrected chi connectivity index (χ1v) is 8.83. The Morgan fingerprint density at radius 1 is 1.21 bits per heavy atom. The lowest BCUT2D eigenvalue weighted by molar-refractivity contribution is 0.114. The van der Waals surface area contributed by atoms with Gasteiger partial charge in [-0.15, -0.1) is 0 Å². The van der Waals surface area contributed by atoms with E-state index in [2.05, 4.69) is 27.0 Å². The Morgan fingerprint density at radius 3 is 3.05 bits per heavy atom. The monoisotopic (exact) mass is 278 g/mol. The molecule has 0 radical (unpaired) electrons. The van der Waals surface area contributed by atoms with Gasteiger partial charge in [-0.3, -0.25) is 4.90 Å². The molecule has 106 valence electrons. The van der Waals surface area contributed by atoms with Crippen molar-refractivity contribution in [2.45, 2.75) is 44.6 Å². The Balaban J connectivity index is 1.33. The molecule has 0 aromatic carbocycles. The summed E-state index contributed by atoms with van der Waals surface area (Å²) in [5, 5.41) is 8.04. The van der Waals surface area contributed by atoms with Crippen molar-refractivity contribution in [1.82, 2.24) is 10.2 Å². The molecule has 1 aliphatic carbocycles. The smallest absolute Gasteiger partial charge is 0.0124 e. The lowest BCUT2D eigenvalue weighted by Crippen LogP contribution is -2.45. The molecular weight excluding hydrogens is 252 g/mol. The molecule has 2 aliphatic rings. The van der Waals surface area contributed by atoms with E-state index in [1.165, 1.54) is 57.2 Å². The zero-order valence-corrected chi connectivity index (χ0v) is 12.6. The van der Waals surface area contributed by atoms with E-state index in [9.17, 15) is 0 Å². The average Bonchev–Trinajstić information content (AvgIpc) is 3.09. The lowest BCUT2D eigenvalue weighted by Gasteiger charge is -2.37. The van der Waals surface area contributed by atoms with Crippen LogP contribution in [0.3, 0.4) is 0 Å². The van der Waals surface area contributed by atoms with Crippen molar-refractivity contribution in [1.29, 1.82) is 0 Å². The van der Waals surface area contributed by atoms with Gasteiger partial charge < -0.3 is 5.32 Å². The van der Waals surface area contributed by atoms with E-state index in [0.29, 0.717) is 0 Å². The molecule has 2 fully saturated rings. The van der Waals surface area contributed by atoms with Gasteiger partial charge in [0.15, 0.2) is 0 Å². The number of hydrogen-bond donors (Lipinski definition) is 1. The molecular formula is C16H26N2S. The maximum absolute atomic E-state index is 3.61. The topological polar surface area (TPSA) is 15.3 Å². The number of piperidine rings is 1. The largest absolute Gasteiger partial charge is 0.315 e. The third-order valence-electron chi connectivity index (χ3n) is 4.85. The predicted molar refractivity (Wildman–Crippen MR) is 82.8 cm³/mol. The maximum atomic E-state index is 3.61. The van der Waals surface area contributed by atoms with Gasteiger partial charge in [0.05, 0.1) is 0 Å². The fraction of sp³-hybridized carbons (Fsp3) is 0.750. The van der Waals surface area contributed by atoms with Crippen molar-refractivity contribution in [3.05, 3.63) is 22.4 Å². The Bertz CT molecular complexity index is 363. The average molecular weight is 278 g/mol. The van der Waals surface area contributed by atoms with E-state index in [1.54, 1.807) is 11.3 Å². The third kappa shape index (κ3) is 3.59. The van der Waals surface area contributed by atoms with Crippen LogP contribution in [0, 0.1) is 5.92 Å². The van der Waals surface area contributed by atoms with Gasteiger partial charge >= 0.3 is 0 Å². The highest BCUT2D eigenvalue weighted by molar-refractivity contribution is 7.07. The van der Waals surface area contributed by atoms with Crippen LogP contribution in [0.1, 0.15) is 37.7 Å². The lowest BCUT2D eigenvalue weighted by atomic mass is 9.92. The molecule has 19 heavy (non-hydrogen) atoms. The molecule has 1 aliphatic heterocycles. The number of likely N-dealkylation sites (tertiary alicyclic amines) is 1. The van der Waals surface area contributed by atoms with Crippen LogP contribution in [0.5, 0.6) is 0 Å². The van der Waals surface area contributed by atoms with Crippen molar-refractivity contribution in [3.63, 3.8) is 0 Å². The Kier molecular flexibility index (Phi) is 4.91. The summed E-state index contributed by atoms with van der Waals surface area (Å²) in [5.41, 5.74) is 1.48. The van der Waals surface area contributed by atoms with Crippen molar-refractivity contribution < 1.29 is 0 Å². The van der Waals surface area contributed by atoms with E-state index in [0.717, 1.165) is 25.0 Å². The molecule has 2 unspecified atom stereocenters. The second kappa shape index (κ2) is 6.87. The Morgan fingerprint density at radius 2 is 2.16 bits per heavy atom. The molecule has 0 bridgehead atoms. The van der Waals surface area contributed by atoms with Crippen LogP contribution in [0.25, 0.3) is 0 Å². The van der Waals surface area contributed by atoms with Crippen LogP contribution < -0.4 is 5.32 Å². The second-order valence-corrected chi connectivity index (χ2v) is 6.85. The summed E-state index contributed by atoms with van der Waals surface area (Å²) in [6.07, 6.45) is 8.52. The summed E-state index contributed by atoms with van der Waals surface area (Å²) in [4.78, 5) is 2.76. The van der Waals surface area contributed by atoms with Crippen LogP contribution in [0.15, 0.2) is 16.8 Å². The summed E-state index contributed by atoms with van der Waals surface area (Å²) in [6.45, 7) is 4.88. The van der Waals surface area contributed by atoms with Crippen LogP contribution >= 0.6 is 11.3 Å². The number of nitrogens with one attached hydrogen (secondary N) is 1. The van der Waals surface area contributed by atoms with Crippen LogP contribution in [-0.4, -0.2) is 37.1 Å². The van der Waals surface area contributed by atoms with E-state index in [4.69, 9.17) is 0 Å². The van der Waals surface area contributed by atoms with Crippen molar-refractivity contribution in [3.8, 4) is 0 Å². The fourth-order valence-electron chi connectivity index (χ4n) is 3.85. The highest BCUT2D eigenvalue weighted by Gasteiger charge is 2.34. The van der Waals surface area contributed by atoms with Crippen LogP contribution in [0.2, 0.25) is 0 Å². The third-order valence-corrected chi connectivity index (χ3v) is 5.59. The number of thiophene rings is 1. The first kappa shape index (κ1) is 13.6. The summed E-state index contributed by atoms with van der Waals surface area (Å²) < 4.78 is 0. The van der Waals surface area contributed by atoms with Gasteiger partial charge in [-0.05, 0) is 73.5 Å². The number of hydrogen-bond acceptors (Lipinski definition) is 3. The van der Waals surface area contributed by atoms with Gasteiger partial charge in [0.1, 0.15) is 0 Å². The van der Waals surface area contributed by atoms with E-state index in [-0.39, 0.29) is 0 Å². The Labute approximate surface area is 121 Å². The van der Waals surface area contributed by atoms with Crippen molar-refractivity contribution in [2.75, 3.05) is 26.2 Å². The number of fused-ring (bicyclic) bond motifs is 1. The summed E-state index contributed by atoms with van der Waals surface area (Å²) in [6, 6.07) is 3.16. The van der Waals surface area contributed by atoms with E-state index >= 15 is 0 Å². The number of rotatable bonds is 6. The van der Waals surface area contributed by atoms with E-state index < -0.39 is 0 Å². The minimum atomic E-state index is 0.924. The first-order chi connectivity index (χ1) is 9.43. The maximum Gasteiger partial charge on any atom is 0.0124 e. The van der Waals surface area contributed by atoms with Gasteiger partial charge in [0, 0.05) is 19.1 Å². The Hall–Kier alpha value is -0.380. The van der Waals surface area contributed by atoms with Crippen LogP contribution in [-0.2, 0) is 6.42 Å². The molecule has 0 spiro atoms. The normalized spacial score (nSPS) is 27.6. The van der Waals surface area contributed by atoms with Gasteiger partial charge in [0.25, 0.3) is 0 Å². The fourth-order valence-corrected chi connectivity index (χ4v) is 4.55. The first-order valence-electron chi connectivity index (χ1n) is 7.89. The van der Waals surface area contributed by atoms with Crippen molar-refractivity contribution in [2.24, 2.45) is 5.92 Å². The molecule has 1 aromatic rings. The van der Waals surface area contributed by atoms with Crippen molar-refractivity contribution >= 4 is 11.3 Å². The summed E-state index contributed by atoms with van der Waals surface area (Å²) >= 11 is 1.80. The molecule has 2 heterocycles. The molecule has 1 N–H and O–H groups in total. The zero-order chi connectivity index (χ0) is 12.9. The molecule has 3 heteroatoms. The van der Waals surface area contributed by atoms with Gasteiger partial charge in [-0.1, -0.05) is 6.42 Å². The summed E-state index contributed by atoms with van der Waals surface area (Å²) in [7, 11) is 0. The van der Waals surface area contributed by atoms with Gasteiger partial charge in [0.2, 0.25) is 0 Å². The minimum Gasteiger partial charge on any atom is -0.315 e. The standard InChI is InChI=1S/C16H26N2S/c1-3-15-4-2-10-18(16(15)5-1)11-9-17-8-6-14-7-12-19-13-14/h7,12-13,15-17H,1-6,8-11H2. The molecule has 1 aromatic heterocycles.